The maximum Gasteiger partial charge on any atom is 0.0851 e. The minimum Gasteiger partial charge on any atom is -0.377 e. The number of hydrazine groups is 1. The summed E-state index contributed by atoms with van der Waals surface area (Å²) in [5.41, 5.74) is 5.54. The molecular weight excluding hydrogens is 262 g/mol. The van der Waals surface area contributed by atoms with Crippen LogP contribution < -0.4 is 11.3 Å². The Balaban J connectivity index is 1.88. The monoisotopic (exact) mass is 289 g/mol. The molecule has 3 rings (SSSR count). The quantitative estimate of drug-likeness (QED) is 0.660. The van der Waals surface area contributed by atoms with Gasteiger partial charge in [-0.2, -0.15) is 0 Å². The van der Waals surface area contributed by atoms with Gasteiger partial charge in [0.1, 0.15) is 0 Å². The molecule has 0 spiro atoms. The van der Waals surface area contributed by atoms with Crippen molar-refractivity contribution in [1.82, 2.24) is 10.4 Å². The summed E-state index contributed by atoms with van der Waals surface area (Å²) in [4.78, 5) is 4.63. The second-order valence-corrected chi connectivity index (χ2v) is 6.79. The maximum absolute atomic E-state index is 6.04. The van der Waals surface area contributed by atoms with Crippen molar-refractivity contribution in [2.75, 3.05) is 7.11 Å². The van der Waals surface area contributed by atoms with Gasteiger partial charge in [0.05, 0.1) is 11.6 Å². The lowest BCUT2D eigenvalue weighted by Crippen LogP contribution is -2.58. The number of aryl methyl sites for hydroxylation is 1. The van der Waals surface area contributed by atoms with E-state index in [4.69, 9.17) is 10.6 Å². The predicted octanol–water partition coefficient (Wildman–Crippen LogP) is 2.54. The second-order valence-electron chi connectivity index (χ2n) is 6.79. The Morgan fingerprint density at radius 1 is 1.38 bits per heavy atom. The summed E-state index contributed by atoms with van der Waals surface area (Å²) in [6, 6.07) is 4.37. The van der Waals surface area contributed by atoms with Crippen molar-refractivity contribution in [1.29, 1.82) is 0 Å². The van der Waals surface area contributed by atoms with Crippen molar-refractivity contribution in [2.45, 2.75) is 63.0 Å². The van der Waals surface area contributed by atoms with E-state index in [9.17, 15) is 0 Å². The van der Waals surface area contributed by atoms with Crippen molar-refractivity contribution < 1.29 is 4.74 Å². The number of rotatable bonds is 4. The van der Waals surface area contributed by atoms with E-state index < -0.39 is 0 Å². The van der Waals surface area contributed by atoms with E-state index >= 15 is 0 Å². The van der Waals surface area contributed by atoms with E-state index in [1.54, 1.807) is 0 Å². The highest BCUT2D eigenvalue weighted by molar-refractivity contribution is 5.31. The molecule has 2 aliphatic carbocycles. The summed E-state index contributed by atoms with van der Waals surface area (Å²) >= 11 is 0. The van der Waals surface area contributed by atoms with Crippen molar-refractivity contribution >= 4 is 0 Å². The molecule has 0 aromatic carbocycles. The van der Waals surface area contributed by atoms with Crippen LogP contribution in [-0.4, -0.2) is 23.7 Å². The van der Waals surface area contributed by atoms with E-state index in [-0.39, 0.29) is 11.6 Å². The van der Waals surface area contributed by atoms with Crippen molar-refractivity contribution in [2.24, 2.45) is 11.8 Å². The van der Waals surface area contributed by atoms with Gasteiger partial charge in [-0.25, -0.2) is 0 Å². The number of nitrogens with zero attached hydrogens (tertiary/aromatic N) is 1. The minimum absolute atomic E-state index is 0.145. The van der Waals surface area contributed by atoms with Crippen LogP contribution in [0.25, 0.3) is 0 Å². The molecule has 1 heterocycles. The SMILES string of the molecule is COC1(C(NN)C2CCc3cccnc32)CCC(C)CC1. The minimum atomic E-state index is -0.148. The van der Waals surface area contributed by atoms with Gasteiger partial charge in [0, 0.05) is 24.9 Å². The first-order chi connectivity index (χ1) is 10.2. The molecule has 0 amide bonds. The average Bonchev–Trinajstić information content (AvgIpc) is 2.94. The lowest BCUT2D eigenvalue weighted by molar-refractivity contribution is -0.0811. The van der Waals surface area contributed by atoms with Gasteiger partial charge in [0.15, 0.2) is 0 Å². The van der Waals surface area contributed by atoms with E-state index in [0.717, 1.165) is 31.6 Å². The molecule has 2 aliphatic rings. The highest BCUT2D eigenvalue weighted by atomic mass is 16.5. The first-order valence-corrected chi connectivity index (χ1v) is 8.15. The molecule has 4 heteroatoms. The number of nitrogens with one attached hydrogen (secondary N) is 1. The zero-order chi connectivity index (χ0) is 14.9. The maximum atomic E-state index is 6.04. The Bertz CT molecular complexity index is 483. The molecule has 3 N–H and O–H groups in total. The highest BCUT2D eigenvalue weighted by Gasteiger charge is 2.46. The summed E-state index contributed by atoms with van der Waals surface area (Å²) in [6.07, 6.45) is 8.70. The van der Waals surface area contributed by atoms with Crippen molar-refractivity contribution in [3.63, 3.8) is 0 Å². The number of hydrogen-bond donors (Lipinski definition) is 2. The van der Waals surface area contributed by atoms with E-state index in [2.05, 4.69) is 23.4 Å². The van der Waals surface area contributed by atoms with Crippen LogP contribution in [0.1, 0.15) is 56.2 Å². The van der Waals surface area contributed by atoms with Crippen LogP contribution in [-0.2, 0) is 11.2 Å². The van der Waals surface area contributed by atoms with E-state index in [1.165, 1.54) is 24.1 Å². The zero-order valence-electron chi connectivity index (χ0n) is 13.1. The van der Waals surface area contributed by atoms with Gasteiger partial charge in [-0.3, -0.25) is 16.3 Å². The number of ether oxygens (including phenoxy) is 1. The van der Waals surface area contributed by atoms with Crippen LogP contribution in [0.3, 0.4) is 0 Å². The highest BCUT2D eigenvalue weighted by Crippen LogP contribution is 2.44. The van der Waals surface area contributed by atoms with Gasteiger partial charge in [0.25, 0.3) is 0 Å². The Morgan fingerprint density at radius 3 is 2.81 bits per heavy atom. The molecule has 1 aromatic rings. The number of fused-ring (bicyclic) bond motifs is 1. The topological polar surface area (TPSA) is 60.2 Å². The Labute approximate surface area is 127 Å². The molecule has 2 unspecified atom stereocenters. The molecule has 0 radical (unpaired) electrons. The summed E-state index contributed by atoms with van der Waals surface area (Å²) in [7, 11) is 1.84. The molecule has 1 saturated carbocycles. The molecule has 21 heavy (non-hydrogen) atoms. The zero-order valence-corrected chi connectivity index (χ0v) is 13.1. The third-order valence-electron chi connectivity index (χ3n) is 5.68. The predicted molar refractivity (Wildman–Crippen MR) is 83.8 cm³/mol. The summed E-state index contributed by atoms with van der Waals surface area (Å²) < 4.78 is 6.04. The van der Waals surface area contributed by atoms with Crippen molar-refractivity contribution in [3.8, 4) is 0 Å². The fourth-order valence-corrected chi connectivity index (χ4v) is 4.30. The fourth-order valence-electron chi connectivity index (χ4n) is 4.30. The average molecular weight is 289 g/mol. The first kappa shape index (κ1) is 14.9. The van der Waals surface area contributed by atoms with Crippen LogP contribution in [0.4, 0.5) is 0 Å². The van der Waals surface area contributed by atoms with E-state index in [0.29, 0.717) is 5.92 Å². The number of nitrogens with two attached hydrogens (primary N) is 1. The van der Waals surface area contributed by atoms with Gasteiger partial charge in [-0.15, -0.1) is 0 Å². The van der Waals surface area contributed by atoms with Crippen LogP contribution >= 0.6 is 0 Å². The van der Waals surface area contributed by atoms with Crippen LogP contribution in [0.2, 0.25) is 0 Å². The molecule has 2 atom stereocenters. The van der Waals surface area contributed by atoms with Gasteiger partial charge < -0.3 is 4.74 Å². The van der Waals surface area contributed by atoms with Crippen molar-refractivity contribution in [3.05, 3.63) is 29.6 Å². The third kappa shape index (κ3) is 2.60. The number of aromatic nitrogens is 1. The fraction of sp³-hybridized carbons (Fsp3) is 0.706. The molecule has 0 saturated heterocycles. The number of hydrogen-bond acceptors (Lipinski definition) is 4. The smallest absolute Gasteiger partial charge is 0.0851 e. The summed E-state index contributed by atoms with van der Waals surface area (Å²) in [6.45, 7) is 2.33. The molecule has 0 aliphatic heterocycles. The van der Waals surface area contributed by atoms with Gasteiger partial charge in [-0.1, -0.05) is 13.0 Å². The Kier molecular flexibility index (Phi) is 4.29. The van der Waals surface area contributed by atoms with Crippen LogP contribution in [0.5, 0.6) is 0 Å². The molecule has 116 valence electrons. The standard InChI is InChI=1S/C17H27N3O/c1-12-7-9-17(21-2,10-8-12)16(20-18)14-6-5-13-4-3-11-19-15(13)14/h3-4,11-12,14,16,20H,5-10,18H2,1-2H3. The van der Waals surface area contributed by atoms with Crippen LogP contribution in [0, 0.1) is 5.92 Å². The van der Waals surface area contributed by atoms with Gasteiger partial charge >= 0.3 is 0 Å². The Hall–Kier alpha value is -0.970. The lowest BCUT2D eigenvalue weighted by atomic mass is 9.71. The molecule has 4 nitrogen and oxygen atoms in total. The lowest BCUT2D eigenvalue weighted by Gasteiger charge is -2.46. The summed E-state index contributed by atoms with van der Waals surface area (Å²) in [5.74, 6) is 7.13. The normalized spacial score (nSPS) is 33.7. The second kappa shape index (κ2) is 6.03. The number of methoxy groups -OCH3 is 1. The van der Waals surface area contributed by atoms with Crippen LogP contribution in [0.15, 0.2) is 18.3 Å². The Morgan fingerprint density at radius 2 is 2.14 bits per heavy atom. The first-order valence-electron chi connectivity index (χ1n) is 8.15. The van der Waals surface area contributed by atoms with E-state index in [1.807, 2.05) is 19.4 Å². The molecule has 0 bridgehead atoms. The molecule has 1 fully saturated rings. The van der Waals surface area contributed by atoms with Gasteiger partial charge in [0.2, 0.25) is 0 Å². The number of pyridine rings is 1. The molecular formula is C17H27N3O. The largest absolute Gasteiger partial charge is 0.377 e. The summed E-state index contributed by atoms with van der Waals surface area (Å²) in [5, 5.41) is 0. The third-order valence-corrected chi connectivity index (χ3v) is 5.68. The molecule has 1 aromatic heterocycles. The van der Waals surface area contributed by atoms with Gasteiger partial charge in [-0.05, 0) is 56.1 Å².